The smallest absolute Gasteiger partial charge is 0.225 e. The van der Waals surface area contributed by atoms with E-state index in [9.17, 15) is 9.59 Å². The van der Waals surface area contributed by atoms with Crippen molar-refractivity contribution in [2.45, 2.75) is 25.7 Å². The fourth-order valence-corrected chi connectivity index (χ4v) is 4.14. The van der Waals surface area contributed by atoms with Gasteiger partial charge in [-0.25, -0.2) is 0 Å². The summed E-state index contributed by atoms with van der Waals surface area (Å²) < 4.78 is 11.2. The van der Waals surface area contributed by atoms with Gasteiger partial charge in [-0.15, -0.1) is 0 Å². The predicted molar refractivity (Wildman–Crippen MR) is 110 cm³/mol. The van der Waals surface area contributed by atoms with Crippen LogP contribution in [0.25, 0.3) is 0 Å². The SMILES string of the molecule is O=C(c1ccc(Oc2ccccc2)cc1)C1CCCN(C(=O)C2CCOCC2)C1. The van der Waals surface area contributed by atoms with Crippen molar-refractivity contribution in [3.63, 3.8) is 0 Å². The van der Waals surface area contributed by atoms with Gasteiger partial charge in [0, 0.05) is 43.7 Å². The number of nitrogens with zero attached hydrogens (tertiary/aromatic N) is 1. The Hall–Kier alpha value is -2.66. The van der Waals surface area contributed by atoms with Crippen LogP contribution < -0.4 is 4.74 Å². The van der Waals surface area contributed by atoms with Crippen molar-refractivity contribution in [1.82, 2.24) is 4.90 Å². The standard InChI is InChI=1S/C24H27NO4/c26-23(18-8-10-22(11-9-18)29-21-6-2-1-3-7-21)20-5-4-14-25(17-20)24(27)19-12-15-28-16-13-19/h1-3,6-11,19-20H,4-5,12-17H2. The van der Waals surface area contributed by atoms with Crippen LogP contribution in [-0.4, -0.2) is 42.9 Å². The molecule has 2 aliphatic rings. The van der Waals surface area contributed by atoms with Crippen molar-refractivity contribution in [2.75, 3.05) is 26.3 Å². The molecule has 0 saturated carbocycles. The molecule has 0 spiro atoms. The lowest BCUT2D eigenvalue weighted by molar-refractivity contribution is -0.140. The largest absolute Gasteiger partial charge is 0.457 e. The molecule has 1 atom stereocenters. The zero-order valence-corrected chi connectivity index (χ0v) is 16.6. The van der Waals surface area contributed by atoms with Gasteiger partial charge in [0.25, 0.3) is 0 Å². The zero-order chi connectivity index (χ0) is 20.1. The van der Waals surface area contributed by atoms with E-state index in [2.05, 4.69) is 0 Å². The van der Waals surface area contributed by atoms with E-state index in [4.69, 9.17) is 9.47 Å². The summed E-state index contributed by atoms with van der Waals surface area (Å²) in [7, 11) is 0. The normalized spacial score (nSPS) is 20.3. The third-order valence-electron chi connectivity index (χ3n) is 5.79. The third-order valence-corrected chi connectivity index (χ3v) is 5.79. The summed E-state index contributed by atoms with van der Waals surface area (Å²) in [6.07, 6.45) is 3.28. The van der Waals surface area contributed by atoms with Crippen molar-refractivity contribution in [2.24, 2.45) is 11.8 Å². The van der Waals surface area contributed by atoms with Gasteiger partial charge in [0.1, 0.15) is 11.5 Å². The lowest BCUT2D eigenvalue weighted by Crippen LogP contribution is -2.45. The number of likely N-dealkylation sites (tertiary alicyclic amines) is 1. The van der Waals surface area contributed by atoms with Crippen LogP contribution in [0.15, 0.2) is 54.6 Å². The third kappa shape index (κ3) is 4.85. The molecule has 0 aliphatic carbocycles. The number of benzene rings is 2. The Morgan fingerprint density at radius 1 is 0.862 bits per heavy atom. The van der Waals surface area contributed by atoms with E-state index in [0.29, 0.717) is 31.1 Å². The van der Waals surface area contributed by atoms with Crippen LogP contribution in [0.3, 0.4) is 0 Å². The first-order valence-electron chi connectivity index (χ1n) is 10.4. The first-order chi connectivity index (χ1) is 14.2. The number of piperidine rings is 1. The first kappa shape index (κ1) is 19.6. The summed E-state index contributed by atoms with van der Waals surface area (Å²) in [5.74, 6) is 1.69. The van der Waals surface area contributed by atoms with E-state index in [0.717, 1.165) is 38.0 Å². The van der Waals surface area contributed by atoms with E-state index < -0.39 is 0 Å². The van der Waals surface area contributed by atoms with Crippen LogP contribution in [0.4, 0.5) is 0 Å². The van der Waals surface area contributed by atoms with Crippen molar-refractivity contribution in [3.05, 3.63) is 60.2 Å². The number of rotatable bonds is 5. The molecule has 0 bridgehead atoms. The molecule has 2 aliphatic heterocycles. The monoisotopic (exact) mass is 393 g/mol. The Balaban J connectivity index is 1.37. The van der Waals surface area contributed by atoms with Crippen LogP contribution in [-0.2, 0) is 9.53 Å². The molecule has 2 fully saturated rings. The summed E-state index contributed by atoms with van der Waals surface area (Å²) in [5.41, 5.74) is 0.677. The number of ketones is 1. The zero-order valence-electron chi connectivity index (χ0n) is 16.6. The van der Waals surface area contributed by atoms with Crippen molar-refractivity contribution in [1.29, 1.82) is 0 Å². The van der Waals surface area contributed by atoms with Crippen LogP contribution in [0, 0.1) is 11.8 Å². The van der Waals surface area contributed by atoms with Gasteiger partial charge in [0.15, 0.2) is 5.78 Å². The van der Waals surface area contributed by atoms with Crippen LogP contribution in [0.5, 0.6) is 11.5 Å². The molecule has 2 heterocycles. The maximum Gasteiger partial charge on any atom is 0.225 e. The molecule has 5 heteroatoms. The van der Waals surface area contributed by atoms with E-state index in [1.54, 1.807) is 0 Å². The molecular weight excluding hydrogens is 366 g/mol. The summed E-state index contributed by atoms with van der Waals surface area (Å²) in [6.45, 7) is 2.59. The number of carbonyl (C=O) groups excluding carboxylic acids is 2. The molecule has 1 amide bonds. The van der Waals surface area contributed by atoms with Gasteiger partial charge in [-0.3, -0.25) is 9.59 Å². The van der Waals surface area contributed by atoms with E-state index >= 15 is 0 Å². The summed E-state index contributed by atoms with van der Waals surface area (Å²) >= 11 is 0. The van der Waals surface area contributed by atoms with Crippen LogP contribution in [0.2, 0.25) is 0 Å². The van der Waals surface area contributed by atoms with Gasteiger partial charge in [-0.05, 0) is 62.1 Å². The quantitative estimate of drug-likeness (QED) is 0.710. The first-order valence-corrected chi connectivity index (χ1v) is 10.4. The van der Waals surface area contributed by atoms with Crippen LogP contribution >= 0.6 is 0 Å². The van der Waals surface area contributed by atoms with Crippen LogP contribution in [0.1, 0.15) is 36.0 Å². The predicted octanol–water partition coefficient (Wildman–Crippen LogP) is 4.33. The minimum absolute atomic E-state index is 0.0482. The topological polar surface area (TPSA) is 55.8 Å². The molecule has 2 aromatic rings. The highest BCUT2D eigenvalue weighted by molar-refractivity contribution is 5.98. The van der Waals surface area contributed by atoms with Gasteiger partial charge in [-0.2, -0.15) is 0 Å². The molecule has 0 aromatic heterocycles. The second kappa shape index (κ2) is 9.23. The molecule has 0 N–H and O–H groups in total. The molecule has 29 heavy (non-hydrogen) atoms. The molecular formula is C24H27NO4. The summed E-state index contributed by atoms with van der Waals surface area (Å²) in [4.78, 5) is 27.7. The van der Waals surface area contributed by atoms with E-state index in [1.807, 2.05) is 59.5 Å². The second-order valence-corrected chi connectivity index (χ2v) is 7.81. The van der Waals surface area contributed by atoms with Gasteiger partial charge in [0.2, 0.25) is 5.91 Å². The molecule has 1 unspecified atom stereocenters. The molecule has 2 aromatic carbocycles. The Labute approximate surface area is 171 Å². The Morgan fingerprint density at radius 2 is 1.55 bits per heavy atom. The van der Waals surface area contributed by atoms with E-state index in [1.165, 1.54) is 0 Å². The molecule has 152 valence electrons. The molecule has 5 nitrogen and oxygen atoms in total. The minimum Gasteiger partial charge on any atom is -0.457 e. The summed E-state index contributed by atoms with van der Waals surface area (Å²) in [6, 6.07) is 16.9. The average Bonchev–Trinajstić information content (AvgIpc) is 2.80. The number of hydrogen-bond donors (Lipinski definition) is 0. The van der Waals surface area contributed by atoms with Gasteiger partial charge in [0.05, 0.1) is 0 Å². The lowest BCUT2D eigenvalue weighted by atomic mass is 9.88. The number of hydrogen-bond acceptors (Lipinski definition) is 4. The van der Waals surface area contributed by atoms with E-state index in [-0.39, 0.29) is 23.5 Å². The Morgan fingerprint density at radius 3 is 2.28 bits per heavy atom. The Kier molecular flexibility index (Phi) is 6.25. The van der Waals surface area contributed by atoms with Gasteiger partial charge >= 0.3 is 0 Å². The number of Topliss-reactive ketones (excluding diaryl/α,β-unsaturated/α-hetero) is 1. The van der Waals surface area contributed by atoms with Crippen molar-refractivity contribution in [3.8, 4) is 11.5 Å². The highest BCUT2D eigenvalue weighted by atomic mass is 16.5. The summed E-state index contributed by atoms with van der Waals surface area (Å²) in [5, 5.41) is 0. The molecule has 4 rings (SSSR count). The highest BCUT2D eigenvalue weighted by Crippen LogP contribution is 2.26. The number of carbonyl (C=O) groups is 2. The van der Waals surface area contributed by atoms with Gasteiger partial charge < -0.3 is 14.4 Å². The number of ether oxygens (including phenoxy) is 2. The number of para-hydroxylation sites is 1. The molecule has 2 saturated heterocycles. The van der Waals surface area contributed by atoms with Crippen molar-refractivity contribution >= 4 is 11.7 Å². The Bertz CT molecular complexity index is 828. The van der Waals surface area contributed by atoms with Gasteiger partial charge in [-0.1, -0.05) is 18.2 Å². The fraction of sp³-hybridized carbons (Fsp3) is 0.417. The average molecular weight is 393 g/mol. The maximum absolute atomic E-state index is 13.0. The minimum atomic E-state index is -0.131. The second-order valence-electron chi connectivity index (χ2n) is 7.81. The van der Waals surface area contributed by atoms with Crippen molar-refractivity contribution < 1.29 is 19.1 Å². The molecule has 0 radical (unpaired) electrons. The number of amides is 1. The maximum atomic E-state index is 13.0. The fourth-order valence-electron chi connectivity index (χ4n) is 4.14. The lowest BCUT2D eigenvalue weighted by Gasteiger charge is -2.35. The highest BCUT2D eigenvalue weighted by Gasteiger charge is 2.32.